The van der Waals surface area contributed by atoms with Crippen LogP contribution in [-0.4, -0.2) is 53.8 Å². The lowest BCUT2D eigenvalue weighted by Gasteiger charge is -2.42. The molecule has 1 aromatic carbocycles. The van der Waals surface area contributed by atoms with Gasteiger partial charge in [0.25, 0.3) is 0 Å². The van der Waals surface area contributed by atoms with Crippen LogP contribution in [0.2, 0.25) is 0 Å². The molecule has 0 aliphatic carbocycles. The summed E-state index contributed by atoms with van der Waals surface area (Å²) in [6, 6.07) is 7.27. The van der Waals surface area contributed by atoms with Crippen molar-refractivity contribution in [3.63, 3.8) is 0 Å². The van der Waals surface area contributed by atoms with Crippen LogP contribution >= 0.6 is 0 Å². The van der Waals surface area contributed by atoms with Crippen molar-refractivity contribution >= 4 is 16.5 Å². The van der Waals surface area contributed by atoms with E-state index in [0.717, 1.165) is 39.0 Å². The van der Waals surface area contributed by atoms with E-state index in [-0.39, 0.29) is 0 Å². The maximum Gasteiger partial charge on any atom is 0.0452 e. The van der Waals surface area contributed by atoms with Crippen LogP contribution in [0.15, 0.2) is 30.6 Å². The molecule has 0 unspecified atom stereocenters. The lowest BCUT2D eigenvalue weighted by Crippen LogP contribution is -2.47. The molecule has 0 spiro atoms. The van der Waals surface area contributed by atoms with E-state index >= 15 is 0 Å². The van der Waals surface area contributed by atoms with Gasteiger partial charge in [-0.05, 0) is 37.3 Å². The van der Waals surface area contributed by atoms with Gasteiger partial charge >= 0.3 is 0 Å². The predicted molar refractivity (Wildman–Crippen MR) is 94.0 cm³/mol. The smallest absolute Gasteiger partial charge is 0.0452 e. The van der Waals surface area contributed by atoms with Crippen LogP contribution < -0.4 is 4.90 Å². The van der Waals surface area contributed by atoms with Crippen LogP contribution in [0.25, 0.3) is 10.8 Å². The van der Waals surface area contributed by atoms with Crippen LogP contribution in [0, 0.1) is 0 Å². The van der Waals surface area contributed by atoms with Crippen LogP contribution in [-0.2, 0) is 6.42 Å². The summed E-state index contributed by atoms with van der Waals surface area (Å²) < 4.78 is 0. The summed E-state index contributed by atoms with van der Waals surface area (Å²) in [5.74, 6) is 0. The largest absolute Gasteiger partial charge is 0.396 e. The van der Waals surface area contributed by atoms with Gasteiger partial charge in [0.15, 0.2) is 0 Å². The Hall–Kier alpha value is -1.65. The number of pyridine rings is 1. The van der Waals surface area contributed by atoms with E-state index in [9.17, 15) is 0 Å². The van der Waals surface area contributed by atoms with Gasteiger partial charge in [0.2, 0.25) is 0 Å². The van der Waals surface area contributed by atoms with Crippen molar-refractivity contribution in [2.75, 3.05) is 37.7 Å². The first-order chi connectivity index (χ1) is 11.4. The Labute approximate surface area is 137 Å². The number of piperidine rings is 1. The highest BCUT2D eigenvalue weighted by molar-refractivity contribution is 5.97. The standard InChI is InChI=1S/C19H25N3O/c23-12-2-8-21-9-6-17(7-10-21)22-11-5-16-14-20-13-15-3-1-4-18(22)19(15)16/h1,3-4,13-14,17,23H,2,5-12H2. The number of benzene rings is 1. The molecule has 4 heteroatoms. The minimum Gasteiger partial charge on any atom is -0.396 e. The lowest BCUT2D eigenvalue weighted by molar-refractivity contribution is 0.185. The van der Waals surface area contributed by atoms with Gasteiger partial charge in [0.1, 0.15) is 0 Å². The van der Waals surface area contributed by atoms with Crippen molar-refractivity contribution in [1.29, 1.82) is 0 Å². The summed E-state index contributed by atoms with van der Waals surface area (Å²) in [5.41, 5.74) is 2.80. The third-order valence-electron chi connectivity index (χ3n) is 5.40. The number of hydrogen-bond donors (Lipinski definition) is 1. The van der Waals surface area contributed by atoms with Gasteiger partial charge < -0.3 is 14.9 Å². The van der Waals surface area contributed by atoms with Crippen molar-refractivity contribution in [3.8, 4) is 0 Å². The molecule has 0 bridgehead atoms. The van der Waals surface area contributed by atoms with Gasteiger partial charge in [0.05, 0.1) is 0 Å². The number of hydrogen-bond acceptors (Lipinski definition) is 4. The second-order valence-electron chi connectivity index (χ2n) is 6.77. The van der Waals surface area contributed by atoms with E-state index in [1.807, 2.05) is 12.4 Å². The zero-order chi connectivity index (χ0) is 15.6. The highest BCUT2D eigenvalue weighted by Gasteiger charge is 2.28. The summed E-state index contributed by atoms with van der Waals surface area (Å²) >= 11 is 0. The summed E-state index contributed by atoms with van der Waals surface area (Å²) in [4.78, 5) is 9.52. The van der Waals surface area contributed by atoms with E-state index in [2.05, 4.69) is 33.0 Å². The van der Waals surface area contributed by atoms with Crippen molar-refractivity contribution in [2.45, 2.75) is 31.7 Å². The maximum atomic E-state index is 8.99. The second-order valence-corrected chi connectivity index (χ2v) is 6.77. The Morgan fingerprint density at radius 3 is 2.83 bits per heavy atom. The molecule has 2 aromatic rings. The van der Waals surface area contributed by atoms with Gasteiger partial charge in [-0.3, -0.25) is 4.98 Å². The van der Waals surface area contributed by atoms with Crippen LogP contribution in [0.1, 0.15) is 24.8 Å². The van der Waals surface area contributed by atoms with E-state index in [1.165, 1.54) is 34.9 Å². The minimum absolute atomic E-state index is 0.304. The van der Waals surface area contributed by atoms with E-state index in [1.54, 1.807) is 0 Å². The molecule has 4 rings (SSSR count). The average molecular weight is 311 g/mol. The molecule has 0 radical (unpaired) electrons. The van der Waals surface area contributed by atoms with Gasteiger partial charge in [-0.15, -0.1) is 0 Å². The highest BCUT2D eigenvalue weighted by Crippen LogP contribution is 2.36. The van der Waals surface area contributed by atoms with Crippen molar-refractivity contribution in [3.05, 3.63) is 36.2 Å². The van der Waals surface area contributed by atoms with E-state index < -0.39 is 0 Å². The van der Waals surface area contributed by atoms with Crippen molar-refractivity contribution < 1.29 is 5.11 Å². The zero-order valence-electron chi connectivity index (χ0n) is 13.6. The molecule has 23 heavy (non-hydrogen) atoms. The molecule has 1 N–H and O–H groups in total. The Morgan fingerprint density at radius 1 is 1.13 bits per heavy atom. The molecule has 0 saturated carbocycles. The van der Waals surface area contributed by atoms with Gasteiger partial charge in [-0.1, -0.05) is 12.1 Å². The van der Waals surface area contributed by atoms with Crippen LogP contribution in [0.5, 0.6) is 0 Å². The first kappa shape index (κ1) is 14.9. The second kappa shape index (κ2) is 6.46. The topological polar surface area (TPSA) is 39.6 Å². The summed E-state index contributed by atoms with van der Waals surface area (Å²) in [6.45, 7) is 4.76. The zero-order valence-corrected chi connectivity index (χ0v) is 13.6. The maximum absolute atomic E-state index is 8.99. The van der Waals surface area contributed by atoms with Crippen LogP contribution in [0.4, 0.5) is 5.69 Å². The Kier molecular flexibility index (Phi) is 4.19. The fourth-order valence-corrected chi connectivity index (χ4v) is 4.21. The summed E-state index contributed by atoms with van der Waals surface area (Å²) in [6.07, 6.45) is 8.48. The molecule has 0 amide bonds. The summed E-state index contributed by atoms with van der Waals surface area (Å²) in [5, 5.41) is 11.7. The molecule has 0 atom stereocenters. The molecule has 2 aliphatic heterocycles. The number of nitrogens with zero attached hydrogens (tertiary/aromatic N) is 3. The van der Waals surface area contributed by atoms with E-state index in [4.69, 9.17) is 5.11 Å². The molecule has 2 aliphatic rings. The Balaban J connectivity index is 1.54. The van der Waals surface area contributed by atoms with E-state index in [0.29, 0.717) is 12.6 Å². The number of aliphatic hydroxyl groups excluding tert-OH is 1. The fraction of sp³-hybridized carbons (Fsp3) is 0.526. The predicted octanol–water partition coefficient (Wildman–Crippen LogP) is 2.44. The summed E-state index contributed by atoms with van der Waals surface area (Å²) in [7, 11) is 0. The minimum atomic E-state index is 0.304. The molecule has 3 heterocycles. The molecular formula is C19H25N3O. The monoisotopic (exact) mass is 311 g/mol. The Morgan fingerprint density at radius 2 is 2.00 bits per heavy atom. The Bertz CT molecular complexity index is 674. The first-order valence-electron chi connectivity index (χ1n) is 8.82. The normalized spacial score (nSPS) is 19.4. The molecule has 1 fully saturated rings. The third kappa shape index (κ3) is 2.81. The molecule has 4 nitrogen and oxygen atoms in total. The third-order valence-corrected chi connectivity index (χ3v) is 5.40. The highest BCUT2D eigenvalue weighted by atomic mass is 16.3. The number of aromatic nitrogens is 1. The SMILES string of the molecule is OCCCN1CCC(N2CCc3cncc4cccc2c34)CC1. The van der Waals surface area contributed by atoms with Gasteiger partial charge in [0, 0.05) is 67.7 Å². The molecule has 1 saturated heterocycles. The average Bonchev–Trinajstić information content (AvgIpc) is 2.61. The van der Waals surface area contributed by atoms with Crippen molar-refractivity contribution in [2.24, 2.45) is 0 Å². The number of likely N-dealkylation sites (tertiary alicyclic amines) is 1. The number of aliphatic hydroxyl groups is 1. The molecule has 122 valence electrons. The molecule has 1 aromatic heterocycles. The molecular weight excluding hydrogens is 286 g/mol. The van der Waals surface area contributed by atoms with Crippen LogP contribution in [0.3, 0.4) is 0 Å². The first-order valence-corrected chi connectivity index (χ1v) is 8.82. The van der Waals surface area contributed by atoms with Gasteiger partial charge in [-0.25, -0.2) is 0 Å². The fourth-order valence-electron chi connectivity index (χ4n) is 4.21. The van der Waals surface area contributed by atoms with Gasteiger partial charge in [-0.2, -0.15) is 0 Å². The quantitative estimate of drug-likeness (QED) is 0.941. The number of rotatable bonds is 4. The lowest BCUT2D eigenvalue weighted by atomic mass is 9.94. The number of anilines is 1. The van der Waals surface area contributed by atoms with Crippen molar-refractivity contribution in [1.82, 2.24) is 9.88 Å².